The summed E-state index contributed by atoms with van der Waals surface area (Å²) in [6.45, 7) is 3.93. The molecule has 0 bridgehead atoms. The highest BCUT2D eigenvalue weighted by Gasteiger charge is 2.26. The van der Waals surface area contributed by atoms with Crippen molar-refractivity contribution in [3.63, 3.8) is 0 Å². The number of carbonyl (C=O) groups is 1. The number of carbonyl (C=O) groups excluding carboxylic acids is 1. The van der Waals surface area contributed by atoms with Gasteiger partial charge in [-0.05, 0) is 26.0 Å². The van der Waals surface area contributed by atoms with Crippen molar-refractivity contribution in [1.29, 1.82) is 0 Å². The molecule has 1 rings (SSSR count). The summed E-state index contributed by atoms with van der Waals surface area (Å²) >= 11 is 0. The van der Waals surface area contributed by atoms with Crippen molar-refractivity contribution in [2.45, 2.75) is 18.7 Å². The number of para-hydroxylation sites is 1. The van der Waals surface area contributed by atoms with Gasteiger partial charge in [-0.1, -0.05) is 12.1 Å². The molecular formula is C13H20N2O3S. The lowest BCUT2D eigenvalue weighted by molar-refractivity contribution is -0.128. The number of sulfone groups is 1. The second kappa shape index (κ2) is 5.61. The molecule has 0 aliphatic rings. The third-order valence-electron chi connectivity index (χ3n) is 2.85. The van der Waals surface area contributed by atoms with Gasteiger partial charge >= 0.3 is 0 Å². The van der Waals surface area contributed by atoms with Crippen molar-refractivity contribution in [3.05, 3.63) is 24.3 Å². The van der Waals surface area contributed by atoms with Crippen LogP contribution in [-0.4, -0.2) is 34.2 Å². The van der Waals surface area contributed by atoms with Crippen LogP contribution < -0.4 is 10.6 Å². The highest BCUT2D eigenvalue weighted by molar-refractivity contribution is 7.90. The lowest BCUT2D eigenvalue weighted by atomic mass is 9.92. The molecule has 0 saturated heterocycles. The molecule has 0 radical (unpaired) electrons. The van der Waals surface area contributed by atoms with Crippen molar-refractivity contribution in [1.82, 2.24) is 5.32 Å². The van der Waals surface area contributed by atoms with E-state index in [1.165, 1.54) is 0 Å². The minimum atomic E-state index is -3.29. The van der Waals surface area contributed by atoms with Gasteiger partial charge in [-0.15, -0.1) is 0 Å². The summed E-state index contributed by atoms with van der Waals surface area (Å²) in [5.74, 6) is -0.100. The Bertz CT molecular complexity index is 565. The van der Waals surface area contributed by atoms with Gasteiger partial charge in [-0.2, -0.15) is 0 Å². The first-order valence-corrected chi connectivity index (χ1v) is 7.83. The predicted octanol–water partition coefficient (Wildman–Crippen LogP) is 1.27. The zero-order valence-corrected chi connectivity index (χ0v) is 12.5. The van der Waals surface area contributed by atoms with Crippen LogP contribution >= 0.6 is 0 Å². The number of benzene rings is 1. The van der Waals surface area contributed by atoms with Crippen molar-refractivity contribution in [2.75, 3.05) is 25.2 Å². The van der Waals surface area contributed by atoms with E-state index in [0.29, 0.717) is 12.2 Å². The fourth-order valence-electron chi connectivity index (χ4n) is 1.67. The van der Waals surface area contributed by atoms with Crippen molar-refractivity contribution in [3.8, 4) is 0 Å². The maximum Gasteiger partial charge on any atom is 0.227 e. The van der Waals surface area contributed by atoms with Crippen LogP contribution in [0.5, 0.6) is 0 Å². The maximum absolute atomic E-state index is 11.7. The first-order chi connectivity index (χ1) is 8.68. The normalized spacial score (nSPS) is 12.0. The van der Waals surface area contributed by atoms with Crippen molar-refractivity contribution >= 4 is 21.4 Å². The summed E-state index contributed by atoms with van der Waals surface area (Å²) in [6.07, 6.45) is 1.16. The van der Waals surface area contributed by atoms with Gasteiger partial charge in [0.15, 0.2) is 9.84 Å². The van der Waals surface area contributed by atoms with E-state index < -0.39 is 15.3 Å². The number of hydrogen-bond acceptors (Lipinski definition) is 4. The summed E-state index contributed by atoms with van der Waals surface area (Å²) in [5.41, 5.74) is -0.110. The molecule has 106 valence electrons. The van der Waals surface area contributed by atoms with E-state index in [-0.39, 0.29) is 10.8 Å². The molecule has 0 fully saturated rings. The van der Waals surface area contributed by atoms with Crippen LogP contribution in [0.3, 0.4) is 0 Å². The molecule has 0 saturated carbocycles. The van der Waals surface area contributed by atoms with E-state index in [1.54, 1.807) is 45.2 Å². The smallest absolute Gasteiger partial charge is 0.227 e. The number of anilines is 1. The molecule has 2 N–H and O–H groups in total. The summed E-state index contributed by atoms with van der Waals surface area (Å²) in [4.78, 5) is 11.9. The van der Waals surface area contributed by atoms with Gasteiger partial charge in [-0.25, -0.2) is 8.42 Å². The second-order valence-electron chi connectivity index (χ2n) is 5.08. The zero-order chi connectivity index (χ0) is 14.7. The Morgan fingerprint density at radius 2 is 1.84 bits per heavy atom. The monoisotopic (exact) mass is 284 g/mol. The topological polar surface area (TPSA) is 75.3 Å². The minimum absolute atomic E-state index is 0.100. The minimum Gasteiger partial charge on any atom is -0.383 e. The molecule has 1 aromatic rings. The molecule has 0 aromatic heterocycles. The Hall–Kier alpha value is -1.56. The molecule has 0 atom stereocenters. The van der Waals surface area contributed by atoms with Gasteiger partial charge in [0.2, 0.25) is 5.91 Å². The van der Waals surface area contributed by atoms with Gasteiger partial charge in [0.05, 0.1) is 16.0 Å². The number of hydrogen-bond donors (Lipinski definition) is 2. The molecular weight excluding hydrogens is 264 g/mol. The van der Waals surface area contributed by atoms with Crippen LogP contribution in [0, 0.1) is 5.41 Å². The molecule has 1 amide bonds. The van der Waals surface area contributed by atoms with E-state index in [0.717, 1.165) is 6.26 Å². The standard InChI is InChI=1S/C13H20N2O3S/c1-13(2,12(16)14-3)9-15-10-7-5-6-8-11(10)19(4,17)18/h5-8,15H,9H2,1-4H3,(H,14,16). The molecule has 0 heterocycles. The molecule has 19 heavy (non-hydrogen) atoms. The molecule has 6 heteroatoms. The lowest BCUT2D eigenvalue weighted by Gasteiger charge is -2.24. The fraction of sp³-hybridized carbons (Fsp3) is 0.462. The van der Waals surface area contributed by atoms with Gasteiger partial charge in [-0.3, -0.25) is 4.79 Å². The van der Waals surface area contributed by atoms with Gasteiger partial charge in [0.25, 0.3) is 0 Å². The Morgan fingerprint density at radius 1 is 1.26 bits per heavy atom. The molecule has 0 unspecified atom stereocenters. The number of amides is 1. The number of nitrogens with one attached hydrogen (secondary N) is 2. The van der Waals surface area contributed by atoms with E-state index in [9.17, 15) is 13.2 Å². The van der Waals surface area contributed by atoms with E-state index >= 15 is 0 Å². The highest BCUT2D eigenvalue weighted by Crippen LogP contribution is 2.23. The molecule has 5 nitrogen and oxygen atoms in total. The highest BCUT2D eigenvalue weighted by atomic mass is 32.2. The summed E-state index contributed by atoms with van der Waals surface area (Å²) in [5, 5.41) is 5.62. The largest absolute Gasteiger partial charge is 0.383 e. The zero-order valence-electron chi connectivity index (χ0n) is 11.6. The van der Waals surface area contributed by atoms with Crippen LogP contribution in [-0.2, 0) is 14.6 Å². The predicted molar refractivity (Wildman–Crippen MR) is 75.9 cm³/mol. The Balaban J connectivity index is 2.94. The fourth-order valence-corrected chi connectivity index (χ4v) is 2.54. The molecule has 0 aliphatic heterocycles. The Morgan fingerprint density at radius 3 is 2.37 bits per heavy atom. The van der Waals surface area contributed by atoms with Crippen LogP contribution in [0.1, 0.15) is 13.8 Å². The molecule has 0 aliphatic carbocycles. The first kappa shape index (κ1) is 15.5. The van der Waals surface area contributed by atoms with Gasteiger partial charge < -0.3 is 10.6 Å². The average Bonchev–Trinajstić information content (AvgIpc) is 2.34. The van der Waals surface area contributed by atoms with Crippen LogP contribution in [0.4, 0.5) is 5.69 Å². The van der Waals surface area contributed by atoms with Gasteiger partial charge in [0.1, 0.15) is 0 Å². The summed E-state index contributed by atoms with van der Waals surface area (Å²) in [7, 11) is -1.71. The van der Waals surface area contributed by atoms with E-state index in [2.05, 4.69) is 10.6 Å². The van der Waals surface area contributed by atoms with E-state index in [1.807, 2.05) is 0 Å². The average molecular weight is 284 g/mol. The van der Waals surface area contributed by atoms with Crippen LogP contribution in [0.25, 0.3) is 0 Å². The van der Waals surface area contributed by atoms with Crippen LogP contribution in [0.2, 0.25) is 0 Å². The maximum atomic E-state index is 11.7. The number of rotatable bonds is 5. The quantitative estimate of drug-likeness (QED) is 0.854. The third-order valence-corrected chi connectivity index (χ3v) is 4.00. The van der Waals surface area contributed by atoms with Crippen molar-refractivity contribution < 1.29 is 13.2 Å². The Labute approximate surface area is 114 Å². The Kier molecular flexibility index (Phi) is 4.57. The third kappa shape index (κ3) is 3.96. The lowest BCUT2D eigenvalue weighted by Crippen LogP contribution is -2.39. The second-order valence-corrected chi connectivity index (χ2v) is 7.07. The van der Waals surface area contributed by atoms with E-state index in [4.69, 9.17) is 0 Å². The SMILES string of the molecule is CNC(=O)C(C)(C)CNc1ccccc1S(C)(=O)=O. The van der Waals surface area contributed by atoms with Crippen molar-refractivity contribution in [2.24, 2.45) is 5.41 Å². The first-order valence-electron chi connectivity index (χ1n) is 5.93. The van der Waals surface area contributed by atoms with Gasteiger partial charge in [0, 0.05) is 19.8 Å². The molecule has 0 spiro atoms. The van der Waals surface area contributed by atoms with Crippen LogP contribution in [0.15, 0.2) is 29.2 Å². The molecule has 1 aromatic carbocycles. The summed E-state index contributed by atoms with van der Waals surface area (Å²) in [6, 6.07) is 6.66. The summed E-state index contributed by atoms with van der Waals surface area (Å²) < 4.78 is 23.3.